The molecule has 0 unspecified atom stereocenters. The minimum atomic E-state index is -0.391. The van der Waals surface area contributed by atoms with E-state index in [0.29, 0.717) is 32.7 Å². The highest BCUT2D eigenvalue weighted by Crippen LogP contribution is 2.25. The number of benzene rings is 2. The number of hydrogen-bond donors (Lipinski definition) is 2. The van der Waals surface area contributed by atoms with E-state index in [4.69, 9.17) is 16.3 Å². The van der Waals surface area contributed by atoms with E-state index in [2.05, 4.69) is 36.5 Å². The van der Waals surface area contributed by atoms with Crippen LogP contribution in [0.4, 0.5) is 5.69 Å². The van der Waals surface area contributed by atoms with Crippen molar-refractivity contribution >= 4 is 56.8 Å². The number of anilines is 1. The molecule has 0 aliphatic rings. The van der Waals surface area contributed by atoms with Crippen molar-refractivity contribution in [1.29, 1.82) is 0 Å². The quantitative estimate of drug-likeness (QED) is 0.262. The summed E-state index contributed by atoms with van der Waals surface area (Å²) in [5.74, 6) is 0.714. The Balaban J connectivity index is 1.49. The van der Waals surface area contributed by atoms with Gasteiger partial charge >= 0.3 is 0 Å². The van der Waals surface area contributed by atoms with Crippen molar-refractivity contribution in [3.05, 3.63) is 75.5 Å². The molecule has 33 heavy (non-hydrogen) atoms. The lowest BCUT2D eigenvalue weighted by Gasteiger charge is -2.09. The van der Waals surface area contributed by atoms with Crippen molar-refractivity contribution in [3.63, 3.8) is 0 Å². The molecule has 172 valence electrons. The molecule has 3 rings (SSSR count). The first-order valence-electron chi connectivity index (χ1n) is 10.2. The average molecular weight is 550 g/mol. The van der Waals surface area contributed by atoms with Gasteiger partial charge in [0.25, 0.3) is 5.91 Å². The summed E-state index contributed by atoms with van der Waals surface area (Å²) in [5.41, 5.74) is 1.83. The zero-order chi connectivity index (χ0) is 23.6. The van der Waals surface area contributed by atoms with Gasteiger partial charge in [0.15, 0.2) is 5.16 Å². The number of hydrogen-bond acceptors (Lipinski definition) is 6. The Bertz CT molecular complexity index is 1120. The van der Waals surface area contributed by atoms with Gasteiger partial charge < -0.3 is 15.4 Å². The molecule has 0 spiro atoms. The van der Waals surface area contributed by atoms with E-state index in [0.717, 1.165) is 11.3 Å². The van der Waals surface area contributed by atoms with Gasteiger partial charge in [-0.3, -0.25) is 9.59 Å². The van der Waals surface area contributed by atoms with Crippen LogP contribution in [0, 0.1) is 0 Å². The number of carbonyl (C=O) groups is 2. The van der Waals surface area contributed by atoms with Crippen molar-refractivity contribution in [2.24, 2.45) is 0 Å². The highest BCUT2D eigenvalue weighted by Gasteiger charge is 2.15. The van der Waals surface area contributed by atoms with Crippen LogP contribution in [0.3, 0.4) is 0 Å². The largest absolute Gasteiger partial charge is 0.494 e. The number of rotatable bonds is 10. The molecule has 7 nitrogen and oxygen atoms in total. The smallest absolute Gasteiger partial charge is 0.271 e. The summed E-state index contributed by atoms with van der Waals surface area (Å²) in [7, 11) is 0. The minimum absolute atomic E-state index is 0.121. The minimum Gasteiger partial charge on any atom is -0.494 e. The molecule has 2 N–H and O–H groups in total. The highest BCUT2D eigenvalue weighted by atomic mass is 79.9. The number of aromatic nitrogens is 2. The molecule has 2 amide bonds. The van der Waals surface area contributed by atoms with Crippen LogP contribution in [0.1, 0.15) is 29.4 Å². The van der Waals surface area contributed by atoms with E-state index in [1.165, 1.54) is 18.0 Å². The van der Waals surface area contributed by atoms with E-state index < -0.39 is 5.91 Å². The van der Waals surface area contributed by atoms with Crippen LogP contribution in [0.15, 0.2) is 64.4 Å². The van der Waals surface area contributed by atoms with Crippen molar-refractivity contribution in [2.45, 2.75) is 24.3 Å². The zero-order valence-corrected chi connectivity index (χ0v) is 21.0. The fourth-order valence-electron chi connectivity index (χ4n) is 2.74. The molecule has 10 heteroatoms. The van der Waals surface area contributed by atoms with Crippen molar-refractivity contribution in [2.75, 3.05) is 18.5 Å². The molecular weight excluding hydrogens is 528 g/mol. The van der Waals surface area contributed by atoms with Gasteiger partial charge in [-0.1, -0.05) is 41.6 Å². The molecule has 0 aliphatic heterocycles. The lowest BCUT2D eigenvalue weighted by molar-refractivity contribution is -0.116. The number of ether oxygens (including phenoxy) is 1. The Morgan fingerprint density at radius 3 is 2.64 bits per heavy atom. The summed E-state index contributed by atoms with van der Waals surface area (Å²) >= 11 is 10.9. The summed E-state index contributed by atoms with van der Waals surface area (Å²) in [6.45, 7) is 2.65. The Hall–Kier alpha value is -2.62. The predicted molar refractivity (Wildman–Crippen MR) is 134 cm³/mol. The Labute approximate surface area is 209 Å². The van der Waals surface area contributed by atoms with Crippen molar-refractivity contribution in [1.82, 2.24) is 15.3 Å². The number of amides is 2. The monoisotopic (exact) mass is 548 g/mol. The molecule has 0 aliphatic carbocycles. The third-order valence-corrected chi connectivity index (χ3v) is 6.20. The van der Waals surface area contributed by atoms with E-state index in [1.807, 2.05) is 31.2 Å². The molecule has 2 aromatic carbocycles. The SMILES string of the molecule is CCOc1ccc(NC(=O)CCNC(=O)c2nc(SCc3ccccc3Cl)ncc2Br)cc1. The van der Waals surface area contributed by atoms with Crippen LogP contribution in [-0.2, 0) is 10.5 Å². The van der Waals surface area contributed by atoms with Gasteiger partial charge in [0.2, 0.25) is 5.91 Å². The predicted octanol–water partition coefficient (Wildman–Crippen LogP) is 5.34. The van der Waals surface area contributed by atoms with Crippen molar-refractivity contribution in [3.8, 4) is 5.75 Å². The van der Waals surface area contributed by atoms with E-state index in [9.17, 15) is 9.59 Å². The lowest BCUT2D eigenvalue weighted by Crippen LogP contribution is -2.28. The van der Waals surface area contributed by atoms with E-state index >= 15 is 0 Å². The van der Waals surface area contributed by atoms with Crippen LogP contribution < -0.4 is 15.4 Å². The maximum absolute atomic E-state index is 12.6. The molecule has 3 aromatic rings. The molecule has 0 saturated heterocycles. The second-order valence-electron chi connectivity index (χ2n) is 6.74. The first-order valence-corrected chi connectivity index (χ1v) is 12.3. The molecule has 0 fully saturated rings. The molecule has 0 radical (unpaired) electrons. The van der Waals surface area contributed by atoms with Gasteiger partial charge in [0.05, 0.1) is 11.1 Å². The number of carbonyl (C=O) groups excluding carboxylic acids is 2. The summed E-state index contributed by atoms with van der Waals surface area (Å²) in [5, 5.41) is 6.63. The molecule has 1 heterocycles. The van der Waals surface area contributed by atoms with Crippen LogP contribution in [0.2, 0.25) is 5.02 Å². The second kappa shape index (κ2) is 12.6. The van der Waals surface area contributed by atoms with E-state index in [1.54, 1.807) is 24.3 Å². The Kier molecular flexibility index (Phi) is 9.53. The lowest BCUT2D eigenvalue weighted by atomic mass is 10.2. The fraction of sp³-hybridized carbons (Fsp3) is 0.217. The summed E-state index contributed by atoms with van der Waals surface area (Å²) in [6, 6.07) is 14.6. The first-order chi connectivity index (χ1) is 16.0. The van der Waals surface area contributed by atoms with Crippen LogP contribution >= 0.6 is 39.3 Å². The van der Waals surface area contributed by atoms with Gasteiger partial charge in [-0.2, -0.15) is 0 Å². The molecule has 0 saturated carbocycles. The molecular formula is C23H22BrClN4O3S. The third kappa shape index (κ3) is 7.73. The van der Waals surface area contributed by atoms with Gasteiger partial charge in [0.1, 0.15) is 11.4 Å². The van der Waals surface area contributed by atoms with Crippen LogP contribution in [-0.4, -0.2) is 34.9 Å². The summed E-state index contributed by atoms with van der Waals surface area (Å²) in [4.78, 5) is 33.3. The number of halogens is 2. The van der Waals surface area contributed by atoms with Crippen molar-refractivity contribution < 1.29 is 14.3 Å². The number of nitrogens with zero attached hydrogens (tertiary/aromatic N) is 2. The van der Waals surface area contributed by atoms with Gasteiger partial charge in [-0.05, 0) is 58.7 Å². The van der Waals surface area contributed by atoms with Crippen LogP contribution in [0.5, 0.6) is 5.75 Å². The molecule has 1 aromatic heterocycles. The number of thioether (sulfide) groups is 1. The van der Waals surface area contributed by atoms with Crippen LogP contribution in [0.25, 0.3) is 0 Å². The van der Waals surface area contributed by atoms with Gasteiger partial charge in [-0.25, -0.2) is 9.97 Å². The molecule has 0 atom stereocenters. The average Bonchev–Trinajstić information content (AvgIpc) is 2.81. The van der Waals surface area contributed by atoms with E-state index in [-0.39, 0.29) is 24.6 Å². The Morgan fingerprint density at radius 2 is 1.91 bits per heavy atom. The topological polar surface area (TPSA) is 93.2 Å². The van der Waals surface area contributed by atoms with Gasteiger partial charge in [0, 0.05) is 35.6 Å². The summed E-state index contributed by atoms with van der Waals surface area (Å²) < 4.78 is 5.85. The second-order valence-corrected chi connectivity index (χ2v) is 8.94. The normalized spacial score (nSPS) is 10.5. The third-order valence-electron chi connectivity index (χ3n) is 4.34. The maximum atomic E-state index is 12.6. The maximum Gasteiger partial charge on any atom is 0.271 e. The molecule has 0 bridgehead atoms. The summed E-state index contributed by atoms with van der Waals surface area (Å²) in [6.07, 6.45) is 1.66. The highest BCUT2D eigenvalue weighted by molar-refractivity contribution is 9.10. The number of nitrogens with one attached hydrogen (secondary N) is 2. The zero-order valence-electron chi connectivity index (χ0n) is 17.8. The standard InChI is InChI=1S/C23H22BrClN4O3S/c1-2-32-17-9-7-16(8-10-17)28-20(30)11-12-26-22(31)21-18(24)13-27-23(29-21)33-14-15-5-3-4-6-19(15)25/h3-10,13H,2,11-12,14H2,1H3,(H,26,31)(H,28,30). The fourth-order valence-corrected chi connectivity index (χ4v) is 4.21. The first kappa shape index (κ1) is 25.0. The van der Waals surface area contributed by atoms with Gasteiger partial charge in [-0.15, -0.1) is 0 Å². The Morgan fingerprint density at radius 1 is 1.15 bits per heavy atom.